The molecule has 6 nitrogen and oxygen atoms in total. The highest BCUT2D eigenvalue weighted by Gasteiger charge is 2.15. The van der Waals surface area contributed by atoms with Gasteiger partial charge in [0.05, 0.1) is 13.2 Å². The van der Waals surface area contributed by atoms with Gasteiger partial charge in [-0.2, -0.15) is 0 Å². The third-order valence-corrected chi connectivity index (χ3v) is 3.42. The molecule has 0 amide bonds. The number of hydrogen-bond donors (Lipinski definition) is 2. The summed E-state index contributed by atoms with van der Waals surface area (Å²) in [6, 6.07) is 4.10. The molecule has 7 heteroatoms. The maximum absolute atomic E-state index is 11.6. The molecule has 2 heterocycles. The first kappa shape index (κ1) is 15.6. The van der Waals surface area contributed by atoms with Gasteiger partial charge in [-0.25, -0.2) is 4.79 Å². The summed E-state index contributed by atoms with van der Waals surface area (Å²) in [6.45, 7) is 3.52. The van der Waals surface area contributed by atoms with Crippen LogP contribution in [0.25, 0.3) is 11.0 Å². The summed E-state index contributed by atoms with van der Waals surface area (Å²) in [5, 5.41) is 19.7. The highest BCUT2D eigenvalue weighted by Crippen LogP contribution is 2.31. The van der Waals surface area contributed by atoms with Crippen LogP contribution >= 0.6 is 12.4 Å². The van der Waals surface area contributed by atoms with Crippen molar-refractivity contribution in [1.29, 1.82) is 0 Å². The van der Waals surface area contributed by atoms with Crippen molar-refractivity contribution in [3.05, 3.63) is 34.2 Å². The van der Waals surface area contributed by atoms with Crippen molar-refractivity contribution in [1.82, 2.24) is 4.90 Å². The highest BCUT2D eigenvalue weighted by molar-refractivity contribution is 5.85. The van der Waals surface area contributed by atoms with Gasteiger partial charge in [0.25, 0.3) is 0 Å². The average molecular weight is 314 g/mol. The smallest absolute Gasteiger partial charge is 0.336 e. The van der Waals surface area contributed by atoms with Crippen molar-refractivity contribution in [2.75, 3.05) is 26.3 Å². The largest absolute Gasteiger partial charge is 0.504 e. The minimum atomic E-state index is -0.467. The average Bonchev–Trinajstić information content (AvgIpc) is 2.42. The molecule has 1 aliphatic heterocycles. The van der Waals surface area contributed by atoms with Gasteiger partial charge in [-0.3, -0.25) is 4.90 Å². The lowest BCUT2D eigenvalue weighted by Gasteiger charge is -2.26. The molecule has 2 aromatic rings. The second-order valence-electron chi connectivity index (χ2n) is 4.82. The van der Waals surface area contributed by atoms with Crippen LogP contribution < -0.4 is 5.63 Å². The summed E-state index contributed by atoms with van der Waals surface area (Å²) >= 11 is 0. The maximum Gasteiger partial charge on any atom is 0.336 e. The predicted molar refractivity (Wildman–Crippen MR) is 79.2 cm³/mol. The highest BCUT2D eigenvalue weighted by atomic mass is 35.5. The van der Waals surface area contributed by atoms with Crippen LogP contribution in [0.1, 0.15) is 5.56 Å². The van der Waals surface area contributed by atoms with Crippen LogP contribution in [-0.4, -0.2) is 41.4 Å². The van der Waals surface area contributed by atoms with Gasteiger partial charge in [-0.15, -0.1) is 12.4 Å². The van der Waals surface area contributed by atoms with Gasteiger partial charge in [0, 0.05) is 37.2 Å². The molecule has 0 radical (unpaired) electrons. The second kappa shape index (κ2) is 6.34. The van der Waals surface area contributed by atoms with Gasteiger partial charge >= 0.3 is 5.63 Å². The van der Waals surface area contributed by atoms with Crippen molar-refractivity contribution in [2.45, 2.75) is 6.54 Å². The van der Waals surface area contributed by atoms with E-state index in [4.69, 9.17) is 9.15 Å². The number of phenolic OH excluding ortho intramolecular Hbond substituents is 2. The molecule has 1 fully saturated rings. The summed E-state index contributed by atoms with van der Waals surface area (Å²) in [7, 11) is 0. The Hall–Kier alpha value is -1.76. The first-order chi connectivity index (χ1) is 9.63. The van der Waals surface area contributed by atoms with Gasteiger partial charge in [-0.1, -0.05) is 0 Å². The van der Waals surface area contributed by atoms with E-state index < -0.39 is 5.63 Å². The van der Waals surface area contributed by atoms with Gasteiger partial charge < -0.3 is 19.4 Å². The van der Waals surface area contributed by atoms with E-state index in [2.05, 4.69) is 4.90 Å². The minimum absolute atomic E-state index is 0. The number of morpholine rings is 1. The van der Waals surface area contributed by atoms with Crippen molar-refractivity contribution in [3.8, 4) is 11.5 Å². The molecular formula is C14H16ClNO5. The number of phenols is 2. The molecule has 1 aliphatic rings. The third-order valence-electron chi connectivity index (χ3n) is 3.42. The van der Waals surface area contributed by atoms with Gasteiger partial charge in [0.1, 0.15) is 5.58 Å². The van der Waals surface area contributed by atoms with E-state index >= 15 is 0 Å². The molecule has 2 N–H and O–H groups in total. The number of rotatable bonds is 2. The maximum atomic E-state index is 11.6. The molecular weight excluding hydrogens is 298 g/mol. The molecule has 0 unspecified atom stereocenters. The number of benzene rings is 1. The zero-order valence-electron chi connectivity index (χ0n) is 11.2. The summed E-state index contributed by atoms with van der Waals surface area (Å²) in [4.78, 5) is 13.8. The lowest BCUT2D eigenvalue weighted by atomic mass is 10.1. The monoisotopic (exact) mass is 313 g/mol. The van der Waals surface area contributed by atoms with Crippen LogP contribution in [0.3, 0.4) is 0 Å². The zero-order valence-corrected chi connectivity index (χ0v) is 12.1. The van der Waals surface area contributed by atoms with Crippen LogP contribution in [0.15, 0.2) is 27.4 Å². The zero-order chi connectivity index (χ0) is 14.1. The molecule has 1 aromatic carbocycles. The number of aromatic hydroxyl groups is 2. The number of fused-ring (bicyclic) bond motifs is 1. The fraction of sp³-hybridized carbons (Fsp3) is 0.357. The number of hydrogen-bond acceptors (Lipinski definition) is 6. The van der Waals surface area contributed by atoms with Crippen molar-refractivity contribution >= 4 is 23.4 Å². The Morgan fingerprint density at radius 3 is 2.48 bits per heavy atom. The Morgan fingerprint density at radius 2 is 1.76 bits per heavy atom. The molecule has 0 bridgehead atoms. The Morgan fingerprint density at radius 1 is 1.10 bits per heavy atom. The molecule has 0 aliphatic carbocycles. The van der Waals surface area contributed by atoms with Crippen molar-refractivity contribution in [2.24, 2.45) is 0 Å². The first-order valence-corrected chi connectivity index (χ1v) is 6.42. The second-order valence-corrected chi connectivity index (χ2v) is 4.82. The molecule has 0 saturated carbocycles. The molecule has 114 valence electrons. The van der Waals surface area contributed by atoms with E-state index in [0.717, 1.165) is 18.7 Å². The third kappa shape index (κ3) is 3.29. The summed E-state index contributed by atoms with van der Waals surface area (Å²) in [6.07, 6.45) is 0. The predicted octanol–water partition coefficient (Wildman–Crippen LogP) is 1.46. The van der Waals surface area contributed by atoms with Gasteiger partial charge in [0.2, 0.25) is 0 Å². The topological polar surface area (TPSA) is 83.1 Å². The van der Waals surface area contributed by atoms with E-state index in [9.17, 15) is 15.0 Å². The summed E-state index contributed by atoms with van der Waals surface area (Å²) in [5.41, 5.74) is 0.579. The van der Waals surface area contributed by atoms with E-state index in [-0.39, 0.29) is 29.5 Å². The van der Waals surface area contributed by atoms with Crippen LogP contribution in [-0.2, 0) is 11.3 Å². The first-order valence-electron chi connectivity index (χ1n) is 6.42. The Bertz CT molecular complexity index is 694. The Labute approximate surface area is 127 Å². The Kier molecular flexibility index (Phi) is 4.72. The lowest BCUT2D eigenvalue weighted by molar-refractivity contribution is 0.0343. The fourth-order valence-electron chi connectivity index (χ4n) is 2.38. The van der Waals surface area contributed by atoms with E-state index in [1.54, 1.807) is 0 Å². The quantitative estimate of drug-likeness (QED) is 0.645. The molecule has 0 atom stereocenters. The van der Waals surface area contributed by atoms with Crippen LogP contribution in [0.5, 0.6) is 11.5 Å². The van der Waals surface area contributed by atoms with Crippen molar-refractivity contribution in [3.63, 3.8) is 0 Å². The molecule has 1 saturated heterocycles. The van der Waals surface area contributed by atoms with Gasteiger partial charge in [0.15, 0.2) is 11.5 Å². The number of halogens is 1. The van der Waals surface area contributed by atoms with E-state index in [1.165, 1.54) is 18.2 Å². The normalized spacial score (nSPS) is 15.8. The summed E-state index contributed by atoms with van der Waals surface area (Å²) in [5.74, 6) is -0.529. The summed E-state index contributed by atoms with van der Waals surface area (Å²) < 4.78 is 10.3. The molecule has 21 heavy (non-hydrogen) atoms. The van der Waals surface area contributed by atoms with Crippen LogP contribution in [0, 0.1) is 0 Å². The lowest BCUT2D eigenvalue weighted by Crippen LogP contribution is -2.35. The number of nitrogens with zero attached hydrogens (tertiary/aromatic N) is 1. The van der Waals surface area contributed by atoms with Crippen molar-refractivity contribution < 1.29 is 19.4 Å². The molecule has 0 spiro atoms. The van der Waals surface area contributed by atoms with E-state index in [0.29, 0.717) is 25.1 Å². The Balaban J connectivity index is 0.00000161. The minimum Gasteiger partial charge on any atom is -0.504 e. The SMILES string of the molecule is Cl.O=c1cc(CN2CCOCC2)c2cc(O)c(O)cc2o1. The fourth-order valence-corrected chi connectivity index (χ4v) is 2.38. The van der Waals surface area contributed by atoms with Crippen LogP contribution in [0.4, 0.5) is 0 Å². The molecule has 3 rings (SSSR count). The standard InChI is InChI=1S/C14H15NO5.ClH/c16-11-6-10-9(8-15-1-3-19-4-2-15)5-14(18)20-13(10)7-12(11)17;/h5-7,16-17H,1-4,8H2;1H. The number of ether oxygens (including phenoxy) is 1. The molecule has 1 aromatic heterocycles. The van der Waals surface area contributed by atoms with Crippen LogP contribution in [0.2, 0.25) is 0 Å². The van der Waals surface area contributed by atoms with Gasteiger partial charge in [-0.05, 0) is 11.6 Å². The van der Waals surface area contributed by atoms with E-state index in [1.807, 2.05) is 0 Å².